The molecule has 0 aromatic carbocycles. The summed E-state index contributed by atoms with van der Waals surface area (Å²) < 4.78 is 0. The lowest BCUT2D eigenvalue weighted by Gasteiger charge is -2.20. The highest BCUT2D eigenvalue weighted by Gasteiger charge is 2.42. The summed E-state index contributed by atoms with van der Waals surface area (Å²) in [6.45, 7) is 5.69. The molecule has 2 fully saturated rings. The molecule has 0 saturated carbocycles. The Balaban J connectivity index is 2.17. The molecule has 1 N–H and O–H groups in total. The first-order valence-corrected chi connectivity index (χ1v) is 3.68. The summed E-state index contributed by atoms with van der Waals surface area (Å²) >= 11 is 0. The van der Waals surface area contributed by atoms with Gasteiger partial charge >= 0.3 is 0 Å². The molecule has 2 aliphatic rings. The predicted octanol–water partition coefficient (Wildman–Crippen LogP) is -0.0274. The highest BCUT2D eigenvalue weighted by atomic mass is 15.1. The molecular weight excluding hydrogens is 112 g/mol. The van der Waals surface area contributed by atoms with E-state index >= 15 is 0 Å². The molecule has 2 unspecified atom stereocenters. The molecule has 2 saturated heterocycles. The molecule has 0 aliphatic carbocycles. The summed E-state index contributed by atoms with van der Waals surface area (Å²) in [5.74, 6) is 0. The van der Waals surface area contributed by atoms with Crippen LogP contribution in [0.3, 0.4) is 0 Å². The average Bonchev–Trinajstić information content (AvgIpc) is 2.22. The Morgan fingerprint density at radius 1 is 1.67 bits per heavy atom. The van der Waals surface area contributed by atoms with Crippen molar-refractivity contribution in [2.75, 3.05) is 19.6 Å². The largest absolute Gasteiger partial charge is 0.312 e. The summed E-state index contributed by atoms with van der Waals surface area (Å²) in [4.78, 5) is 0. The summed E-state index contributed by atoms with van der Waals surface area (Å²) in [7, 11) is 0. The SMILES string of the molecule is CC12CCNC1C[N]C2. The topological polar surface area (TPSA) is 26.1 Å². The van der Waals surface area contributed by atoms with Crippen LogP contribution in [-0.2, 0) is 0 Å². The van der Waals surface area contributed by atoms with E-state index in [0.717, 1.165) is 13.1 Å². The Morgan fingerprint density at radius 2 is 2.56 bits per heavy atom. The molecule has 2 heteroatoms. The standard InChI is InChI=1S/C7H13N2/c1-7-2-3-9-6(7)4-8-5-7/h6,9H,2-5H2,1H3. The van der Waals surface area contributed by atoms with Gasteiger partial charge in [0.25, 0.3) is 0 Å². The number of hydrogen-bond acceptors (Lipinski definition) is 1. The van der Waals surface area contributed by atoms with Gasteiger partial charge in [0.15, 0.2) is 0 Å². The Morgan fingerprint density at radius 3 is 3.33 bits per heavy atom. The number of nitrogens with zero attached hydrogens (tertiary/aromatic N) is 1. The molecule has 51 valence electrons. The molecule has 0 amide bonds. The van der Waals surface area contributed by atoms with Crippen LogP contribution >= 0.6 is 0 Å². The highest BCUT2D eigenvalue weighted by Crippen LogP contribution is 2.33. The van der Waals surface area contributed by atoms with Gasteiger partial charge in [0.05, 0.1) is 0 Å². The lowest BCUT2D eigenvalue weighted by Crippen LogP contribution is -2.32. The summed E-state index contributed by atoms with van der Waals surface area (Å²) in [6.07, 6.45) is 1.32. The van der Waals surface area contributed by atoms with E-state index in [2.05, 4.69) is 17.6 Å². The van der Waals surface area contributed by atoms with Crippen LogP contribution in [0, 0.1) is 5.41 Å². The minimum absolute atomic E-state index is 0.528. The van der Waals surface area contributed by atoms with Crippen molar-refractivity contribution in [2.45, 2.75) is 19.4 Å². The van der Waals surface area contributed by atoms with E-state index < -0.39 is 0 Å². The second-order valence-electron chi connectivity index (χ2n) is 3.48. The van der Waals surface area contributed by atoms with Crippen LogP contribution in [0.25, 0.3) is 0 Å². The quantitative estimate of drug-likeness (QED) is 0.483. The van der Waals surface area contributed by atoms with Crippen molar-refractivity contribution >= 4 is 0 Å². The van der Waals surface area contributed by atoms with Gasteiger partial charge in [-0.25, -0.2) is 5.32 Å². The molecule has 0 bridgehead atoms. The average molecular weight is 125 g/mol. The van der Waals surface area contributed by atoms with E-state index in [1.165, 1.54) is 13.0 Å². The van der Waals surface area contributed by atoms with Crippen molar-refractivity contribution in [3.05, 3.63) is 0 Å². The lowest BCUT2D eigenvalue weighted by atomic mass is 9.86. The van der Waals surface area contributed by atoms with E-state index in [0.29, 0.717) is 11.5 Å². The van der Waals surface area contributed by atoms with Crippen molar-refractivity contribution in [1.82, 2.24) is 10.6 Å². The minimum atomic E-state index is 0.528. The second-order valence-corrected chi connectivity index (χ2v) is 3.48. The zero-order valence-electron chi connectivity index (χ0n) is 5.85. The van der Waals surface area contributed by atoms with Gasteiger partial charge in [-0.3, -0.25) is 0 Å². The van der Waals surface area contributed by atoms with Crippen molar-refractivity contribution in [2.24, 2.45) is 5.41 Å². The molecule has 0 aromatic heterocycles. The molecular formula is C7H13N2. The maximum absolute atomic E-state index is 4.38. The molecule has 2 heterocycles. The first-order chi connectivity index (χ1) is 4.31. The van der Waals surface area contributed by atoms with Crippen LogP contribution in [0.4, 0.5) is 0 Å². The van der Waals surface area contributed by atoms with E-state index in [9.17, 15) is 0 Å². The molecule has 2 rings (SSSR count). The van der Waals surface area contributed by atoms with Gasteiger partial charge in [-0.2, -0.15) is 0 Å². The summed E-state index contributed by atoms with van der Waals surface area (Å²) in [5.41, 5.74) is 0.528. The fourth-order valence-corrected chi connectivity index (χ4v) is 1.88. The van der Waals surface area contributed by atoms with Gasteiger partial charge < -0.3 is 5.32 Å². The maximum atomic E-state index is 4.38. The van der Waals surface area contributed by atoms with Gasteiger partial charge in [0.2, 0.25) is 0 Å². The van der Waals surface area contributed by atoms with Gasteiger partial charge in [-0.05, 0) is 18.4 Å². The molecule has 0 spiro atoms. The van der Waals surface area contributed by atoms with E-state index in [1.54, 1.807) is 0 Å². The summed E-state index contributed by atoms with van der Waals surface area (Å²) in [6, 6.07) is 0.706. The second kappa shape index (κ2) is 1.70. The van der Waals surface area contributed by atoms with E-state index in [1.807, 2.05) is 0 Å². The Hall–Kier alpha value is -0.0800. The van der Waals surface area contributed by atoms with Crippen LogP contribution in [-0.4, -0.2) is 25.7 Å². The molecule has 9 heavy (non-hydrogen) atoms. The first-order valence-electron chi connectivity index (χ1n) is 3.68. The van der Waals surface area contributed by atoms with Crippen molar-refractivity contribution in [1.29, 1.82) is 0 Å². The van der Waals surface area contributed by atoms with Crippen LogP contribution in [0.15, 0.2) is 0 Å². The lowest BCUT2D eigenvalue weighted by molar-refractivity contribution is 0.353. The molecule has 1 radical (unpaired) electrons. The van der Waals surface area contributed by atoms with Gasteiger partial charge in [-0.15, -0.1) is 0 Å². The highest BCUT2D eigenvalue weighted by molar-refractivity contribution is 5.00. The molecule has 2 aliphatic heterocycles. The zero-order chi connectivity index (χ0) is 6.32. The third kappa shape index (κ3) is 0.700. The van der Waals surface area contributed by atoms with Crippen molar-refractivity contribution in [3.8, 4) is 0 Å². The molecule has 2 nitrogen and oxygen atoms in total. The number of fused-ring (bicyclic) bond motifs is 1. The summed E-state index contributed by atoms with van der Waals surface area (Å²) in [5, 5.41) is 7.84. The molecule has 2 atom stereocenters. The predicted molar refractivity (Wildman–Crippen MR) is 36.4 cm³/mol. The van der Waals surface area contributed by atoms with Crippen molar-refractivity contribution < 1.29 is 0 Å². The van der Waals surface area contributed by atoms with Gasteiger partial charge in [-0.1, -0.05) is 6.92 Å². The van der Waals surface area contributed by atoms with Gasteiger partial charge in [0, 0.05) is 19.1 Å². The van der Waals surface area contributed by atoms with E-state index in [-0.39, 0.29) is 0 Å². The minimum Gasteiger partial charge on any atom is -0.312 e. The van der Waals surface area contributed by atoms with E-state index in [4.69, 9.17) is 0 Å². The third-order valence-corrected chi connectivity index (χ3v) is 2.71. The fourth-order valence-electron chi connectivity index (χ4n) is 1.88. The number of hydrogen-bond donors (Lipinski definition) is 1. The zero-order valence-corrected chi connectivity index (χ0v) is 5.85. The monoisotopic (exact) mass is 125 g/mol. The normalized spacial score (nSPS) is 49.7. The first kappa shape index (κ1) is 5.69. The Kier molecular flexibility index (Phi) is 1.08. The third-order valence-electron chi connectivity index (χ3n) is 2.71. The Labute approximate surface area is 56.0 Å². The number of rotatable bonds is 0. The van der Waals surface area contributed by atoms with Crippen LogP contribution in [0.5, 0.6) is 0 Å². The Bertz CT molecular complexity index is 112. The van der Waals surface area contributed by atoms with Crippen LogP contribution in [0.1, 0.15) is 13.3 Å². The van der Waals surface area contributed by atoms with Crippen LogP contribution in [0.2, 0.25) is 0 Å². The van der Waals surface area contributed by atoms with Crippen molar-refractivity contribution in [3.63, 3.8) is 0 Å². The number of nitrogens with one attached hydrogen (secondary N) is 1. The van der Waals surface area contributed by atoms with Gasteiger partial charge in [0.1, 0.15) is 0 Å². The maximum Gasteiger partial charge on any atom is 0.0293 e. The fraction of sp³-hybridized carbons (Fsp3) is 1.00. The molecule has 0 aromatic rings. The smallest absolute Gasteiger partial charge is 0.0293 e. The van der Waals surface area contributed by atoms with Crippen LogP contribution < -0.4 is 10.6 Å².